The summed E-state index contributed by atoms with van der Waals surface area (Å²) in [7, 11) is 0. The van der Waals surface area contributed by atoms with Crippen molar-refractivity contribution in [2.75, 3.05) is 0 Å². The Kier molecular flexibility index (Phi) is 2.54. The van der Waals surface area contributed by atoms with E-state index in [4.69, 9.17) is 10.3 Å². The van der Waals surface area contributed by atoms with Crippen LogP contribution >= 0.6 is 0 Å². The Balaban J connectivity index is 2.16. The van der Waals surface area contributed by atoms with E-state index in [0.717, 1.165) is 5.82 Å². The van der Waals surface area contributed by atoms with Crippen LogP contribution in [0.3, 0.4) is 0 Å². The largest absolute Gasteiger partial charge is 0.338 e. The zero-order chi connectivity index (χ0) is 10.1. The van der Waals surface area contributed by atoms with Crippen molar-refractivity contribution in [2.45, 2.75) is 45.1 Å². The van der Waals surface area contributed by atoms with Gasteiger partial charge in [0, 0.05) is 5.92 Å². The van der Waals surface area contributed by atoms with Gasteiger partial charge >= 0.3 is 0 Å². The van der Waals surface area contributed by atoms with Crippen molar-refractivity contribution in [1.29, 1.82) is 0 Å². The van der Waals surface area contributed by atoms with Gasteiger partial charge in [-0.2, -0.15) is 4.98 Å². The highest BCUT2D eigenvalue weighted by atomic mass is 16.5. The van der Waals surface area contributed by atoms with Gasteiger partial charge in [0.05, 0.1) is 6.04 Å². The maximum Gasteiger partial charge on any atom is 0.243 e. The fraction of sp³-hybridized carbons (Fsp3) is 0.800. The van der Waals surface area contributed by atoms with Gasteiger partial charge < -0.3 is 10.3 Å². The first kappa shape index (κ1) is 9.65. The van der Waals surface area contributed by atoms with Gasteiger partial charge in [-0.15, -0.1) is 0 Å². The average molecular weight is 195 g/mol. The molecule has 0 amide bonds. The van der Waals surface area contributed by atoms with Crippen LogP contribution in [0, 0.1) is 5.92 Å². The molecule has 2 rings (SSSR count). The molecule has 0 aromatic carbocycles. The Morgan fingerprint density at radius 1 is 1.50 bits per heavy atom. The van der Waals surface area contributed by atoms with Gasteiger partial charge in [-0.05, 0) is 25.7 Å². The predicted molar refractivity (Wildman–Crippen MR) is 52.7 cm³/mol. The molecular weight excluding hydrogens is 178 g/mol. The van der Waals surface area contributed by atoms with Gasteiger partial charge in [0.2, 0.25) is 5.89 Å². The zero-order valence-corrected chi connectivity index (χ0v) is 8.73. The Morgan fingerprint density at radius 2 is 2.29 bits per heavy atom. The lowest BCUT2D eigenvalue weighted by atomic mass is 9.98. The summed E-state index contributed by atoms with van der Waals surface area (Å²) in [5.41, 5.74) is 5.66. The third-order valence-corrected chi connectivity index (χ3v) is 3.04. The second kappa shape index (κ2) is 3.69. The van der Waals surface area contributed by atoms with Crippen molar-refractivity contribution in [2.24, 2.45) is 11.7 Å². The smallest absolute Gasteiger partial charge is 0.243 e. The van der Waals surface area contributed by atoms with Crippen LogP contribution in [0.5, 0.6) is 0 Å². The van der Waals surface area contributed by atoms with Crippen molar-refractivity contribution in [3.63, 3.8) is 0 Å². The zero-order valence-electron chi connectivity index (χ0n) is 8.73. The highest BCUT2D eigenvalue weighted by Gasteiger charge is 2.29. The molecule has 0 spiro atoms. The second-order valence-corrected chi connectivity index (χ2v) is 4.29. The minimum absolute atomic E-state index is 0.159. The summed E-state index contributed by atoms with van der Waals surface area (Å²) in [6.45, 7) is 4.11. The fourth-order valence-corrected chi connectivity index (χ4v) is 2.11. The summed E-state index contributed by atoms with van der Waals surface area (Å²) in [4.78, 5) is 4.34. The van der Waals surface area contributed by atoms with Crippen LogP contribution in [-0.4, -0.2) is 10.1 Å². The van der Waals surface area contributed by atoms with E-state index in [-0.39, 0.29) is 6.04 Å². The molecule has 14 heavy (non-hydrogen) atoms. The van der Waals surface area contributed by atoms with Gasteiger partial charge in [0.15, 0.2) is 5.82 Å². The van der Waals surface area contributed by atoms with E-state index in [9.17, 15) is 0 Å². The number of nitrogens with zero attached hydrogens (tertiary/aromatic N) is 2. The quantitative estimate of drug-likeness (QED) is 0.783. The molecule has 1 heterocycles. The summed E-state index contributed by atoms with van der Waals surface area (Å²) in [6.07, 6.45) is 3.72. The third kappa shape index (κ3) is 1.66. The molecule has 2 N–H and O–H groups in total. The first-order valence-electron chi connectivity index (χ1n) is 5.27. The van der Waals surface area contributed by atoms with Crippen LogP contribution < -0.4 is 5.73 Å². The van der Waals surface area contributed by atoms with Gasteiger partial charge in [0.1, 0.15) is 0 Å². The Hall–Kier alpha value is -0.900. The molecule has 78 valence electrons. The average Bonchev–Trinajstić information content (AvgIpc) is 2.71. The van der Waals surface area contributed by atoms with E-state index >= 15 is 0 Å². The van der Waals surface area contributed by atoms with Crippen LogP contribution in [0.2, 0.25) is 0 Å². The molecule has 1 saturated carbocycles. The van der Waals surface area contributed by atoms with Crippen LogP contribution in [0.4, 0.5) is 0 Å². The highest BCUT2D eigenvalue weighted by molar-refractivity contribution is 5.01. The lowest BCUT2D eigenvalue weighted by Gasteiger charge is -2.09. The maximum atomic E-state index is 5.66. The van der Waals surface area contributed by atoms with E-state index in [2.05, 4.69) is 17.1 Å². The summed E-state index contributed by atoms with van der Waals surface area (Å²) in [6, 6.07) is -0.159. The van der Waals surface area contributed by atoms with E-state index < -0.39 is 0 Å². The summed E-state index contributed by atoms with van der Waals surface area (Å²) < 4.78 is 5.10. The van der Waals surface area contributed by atoms with Gasteiger partial charge in [-0.1, -0.05) is 18.5 Å². The molecule has 1 aliphatic carbocycles. The first-order chi connectivity index (χ1) is 6.68. The molecule has 1 aromatic heterocycles. The van der Waals surface area contributed by atoms with Gasteiger partial charge in [0.25, 0.3) is 0 Å². The summed E-state index contributed by atoms with van der Waals surface area (Å²) in [5, 5.41) is 4.00. The van der Waals surface area contributed by atoms with Crippen molar-refractivity contribution in [1.82, 2.24) is 10.1 Å². The van der Waals surface area contributed by atoms with Gasteiger partial charge in [-0.3, -0.25) is 0 Å². The predicted octanol–water partition coefficient (Wildman–Crippen LogP) is 1.99. The minimum Gasteiger partial charge on any atom is -0.338 e. The molecule has 0 radical (unpaired) electrons. The van der Waals surface area contributed by atoms with E-state index in [1.165, 1.54) is 19.3 Å². The topological polar surface area (TPSA) is 64.9 Å². The number of hydrogen-bond acceptors (Lipinski definition) is 4. The van der Waals surface area contributed by atoms with Crippen LogP contribution in [0.15, 0.2) is 4.52 Å². The molecule has 0 bridgehead atoms. The maximum absolute atomic E-state index is 5.66. The molecule has 4 heteroatoms. The molecule has 1 aliphatic rings. The minimum atomic E-state index is -0.159. The molecule has 3 atom stereocenters. The molecule has 0 aliphatic heterocycles. The molecule has 1 fully saturated rings. The highest BCUT2D eigenvalue weighted by Crippen LogP contribution is 2.37. The van der Waals surface area contributed by atoms with Crippen molar-refractivity contribution >= 4 is 0 Å². The van der Waals surface area contributed by atoms with Crippen molar-refractivity contribution < 1.29 is 4.52 Å². The number of rotatable bonds is 2. The SMILES string of the molecule is CC1CCCC1c1noc([C@H](C)N)n1. The lowest BCUT2D eigenvalue weighted by molar-refractivity contribution is 0.351. The number of nitrogens with two attached hydrogens (primary N) is 1. The normalized spacial score (nSPS) is 29.4. The summed E-state index contributed by atoms with van der Waals surface area (Å²) >= 11 is 0. The second-order valence-electron chi connectivity index (χ2n) is 4.29. The van der Waals surface area contributed by atoms with Crippen LogP contribution in [-0.2, 0) is 0 Å². The lowest BCUT2D eigenvalue weighted by Crippen LogP contribution is -2.07. The number of aromatic nitrogens is 2. The Labute approximate surface area is 83.9 Å². The summed E-state index contributed by atoms with van der Waals surface area (Å²) in [5.74, 6) is 2.56. The molecule has 4 nitrogen and oxygen atoms in total. The van der Waals surface area contributed by atoms with Crippen LogP contribution in [0.1, 0.15) is 56.8 Å². The number of hydrogen-bond donors (Lipinski definition) is 1. The van der Waals surface area contributed by atoms with Crippen LogP contribution in [0.25, 0.3) is 0 Å². The van der Waals surface area contributed by atoms with Gasteiger partial charge in [-0.25, -0.2) is 0 Å². The third-order valence-electron chi connectivity index (χ3n) is 3.04. The molecule has 1 aromatic rings. The van der Waals surface area contributed by atoms with E-state index in [1.54, 1.807) is 0 Å². The first-order valence-corrected chi connectivity index (χ1v) is 5.27. The fourth-order valence-electron chi connectivity index (χ4n) is 2.11. The molecular formula is C10H17N3O. The Morgan fingerprint density at radius 3 is 2.79 bits per heavy atom. The Bertz CT molecular complexity index is 308. The van der Waals surface area contributed by atoms with Crippen molar-refractivity contribution in [3.05, 3.63) is 11.7 Å². The van der Waals surface area contributed by atoms with E-state index in [0.29, 0.717) is 17.7 Å². The standard InChI is InChI=1S/C10H17N3O/c1-6-4-3-5-8(6)9-12-10(7(2)11)14-13-9/h6-8H,3-5,11H2,1-2H3/t6?,7-,8?/m0/s1. The molecule has 0 saturated heterocycles. The van der Waals surface area contributed by atoms with Crippen molar-refractivity contribution in [3.8, 4) is 0 Å². The monoisotopic (exact) mass is 195 g/mol. The van der Waals surface area contributed by atoms with E-state index in [1.807, 2.05) is 6.92 Å². The molecule has 2 unspecified atom stereocenters.